The maximum atomic E-state index is 12.7. The topological polar surface area (TPSA) is 78.0 Å². The Morgan fingerprint density at radius 1 is 1.11 bits per heavy atom. The largest absolute Gasteiger partial charge is 0.289 e. The molecule has 0 bridgehead atoms. The number of ketones is 1. The van der Waals surface area contributed by atoms with E-state index in [1.807, 2.05) is 12.1 Å². The van der Waals surface area contributed by atoms with Gasteiger partial charge in [-0.15, -0.1) is 0 Å². The Morgan fingerprint density at radius 3 is 2.33 bits per heavy atom. The highest BCUT2D eigenvalue weighted by molar-refractivity contribution is 6.30. The number of aromatic nitrogens is 2. The maximum Gasteiger partial charge on any atom is 0.269 e. The lowest BCUT2D eigenvalue weighted by molar-refractivity contribution is -0.384. The predicted molar refractivity (Wildman–Crippen MR) is 105 cm³/mol. The zero-order valence-electron chi connectivity index (χ0n) is 14.7. The van der Waals surface area contributed by atoms with Crippen LogP contribution in [0, 0.1) is 24.0 Å². The molecule has 27 heavy (non-hydrogen) atoms. The van der Waals surface area contributed by atoms with Crippen LogP contribution < -0.4 is 0 Å². The number of carbonyl (C=O) groups is 1. The van der Waals surface area contributed by atoms with Crippen LogP contribution in [0.5, 0.6) is 0 Å². The van der Waals surface area contributed by atoms with Crippen molar-refractivity contribution in [3.63, 3.8) is 0 Å². The van der Waals surface area contributed by atoms with E-state index in [0.717, 1.165) is 5.56 Å². The fourth-order valence-electron chi connectivity index (χ4n) is 2.80. The zero-order chi connectivity index (χ0) is 19.6. The number of nitro benzene ring substituents is 1. The smallest absolute Gasteiger partial charge is 0.269 e. The van der Waals surface area contributed by atoms with Crippen LogP contribution in [0.4, 0.5) is 5.69 Å². The Labute approximate surface area is 160 Å². The van der Waals surface area contributed by atoms with Crippen LogP contribution in [0.25, 0.3) is 11.8 Å². The van der Waals surface area contributed by atoms with Gasteiger partial charge < -0.3 is 0 Å². The summed E-state index contributed by atoms with van der Waals surface area (Å²) >= 11 is 5.86. The number of benzene rings is 2. The minimum atomic E-state index is -0.457. The first-order chi connectivity index (χ1) is 12.9. The standard InChI is InChI=1S/C20H16ClN3O3/c1-13-20(19(25)12-5-15-3-6-16(21)7-4-15)14(2)23(22-13)17-8-10-18(11-9-17)24(26)27/h3-12H,1-2H3. The molecule has 3 rings (SSSR count). The highest BCUT2D eigenvalue weighted by atomic mass is 35.5. The van der Waals surface area contributed by atoms with Crippen molar-refractivity contribution >= 4 is 29.1 Å². The number of nitro groups is 1. The molecule has 1 aromatic heterocycles. The molecule has 0 fully saturated rings. The van der Waals surface area contributed by atoms with Gasteiger partial charge in [-0.3, -0.25) is 14.9 Å². The fourth-order valence-corrected chi connectivity index (χ4v) is 2.92. The second-order valence-corrected chi connectivity index (χ2v) is 6.42. The molecule has 0 saturated heterocycles. The molecular weight excluding hydrogens is 366 g/mol. The number of aryl methyl sites for hydroxylation is 1. The van der Waals surface area contributed by atoms with Crippen LogP contribution >= 0.6 is 11.6 Å². The molecule has 0 unspecified atom stereocenters. The maximum absolute atomic E-state index is 12.7. The summed E-state index contributed by atoms with van der Waals surface area (Å²) in [4.78, 5) is 23.0. The average Bonchev–Trinajstić information content (AvgIpc) is 2.95. The molecule has 0 radical (unpaired) electrons. The molecule has 3 aromatic rings. The SMILES string of the molecule is Cc1nn(-c2ccc([N+](=O)[O-])cc2)c(C)c1C(=O)C=Cc1ccc(Cl)cc1. The van der Waals surface area contributed by atoms with E-state index in [0.29, 0.717) is 27.7 Å². The van der Waals surface area contributed by atoms with E-state index < -0.39 is 4.92 Å². The number of hydrogen-bond donors (Lipinski definition) is 0. The first-order valence-corrected chi connectivity index (χ1v) is 8.53. The number of nitrogens with zero attached hydrogens (tertiary/aromatic N) is 3. The van der Waals surface area contributed by atoms with Gasteiger partial charge in [-0.25, -0.2) is 4.68 Å². The van der Waals surface area contributed by atoms with Gasteiger partial charge in [0.2, 0.25) is 0 Å². The summed E-state index contributed by atoms with van der Waals surface area (Å²) < 4.78 is 1.61. The lowest BCUT2D eigenvalue weighted by Crippen LogP contribution is -2.02. The van der Waals surface area contributed by atoms with Crippen molar-refractivity contribution in [3.05, 3.63) is 92.3 Å². The lowest BCUT2D eigenvalue weighted by atomic mass is 10.1. The van der Waals surface area contributed by atoms with Gasteiger partial charge >= 0.3 is 0 Å². The third kappa shape index (κ3) is 3.96. The number of carbonyl (C=O) groups excluding carboxylic acids is 1. The molecule has 0 aliphatic carbocycles. The van der Waals surface area contributed by atoms with Crippen LogP contribution in [-0.2, 0) is 0 Å². The number of hydrogen-bond acceptors (Lipinski definition) is 4. The molecule has 0 N–H and O–H groups in total. The Hall–Kier alpha value is -3.25. The van der Waals surface area contributed by atoms with Crippen molar-refractivity contribution in [1.82, 2.24) is 9.78 Å². The third-order valence-electron chi connectivity index (χ3n) is 4.14. The summed E-state index contributed by atoms with van der Waals surface area (Å²) in [5.41, 5.74) is 3.30. The van der Waals surface area contributed by atoms with Gasteiger partial charge in [-0.05, 0) is 49.8 Å². The van der Waals surface area contributed by atoms with Crippen LogP contribution in [0.1, 0.15) is 27.3 Å². The fraction of sp³-hybridized carbons (Fsp3) is 0.100. The molecule has 7 heteroatoms. The van der Waals surface area contributed by atoms with Crippen molar-refractivity contribution in [3.8, 4) is 5.69 Å². The molecule has 0 aliphatic rings. The van der Waals surface area contributed by atoms with Crippen molar-refractivity contribution < 1.29 is 9.72 Å². The van der Waals surface area contributed by atoms with Crippen LogP contribution in [-0.4, -0.2) is 20.5 Å². The Balaban J connectivity index is 1.89. The lowest BCUT2D eigenvalue weighted by Gasteiger charge is -2.04. The summed E-state index contributed by atoms with van der Waals surface area (Å²) in [6.45, 7) is 3.56. The van der Waals surface area contributed by atoms with Crippen LogP contribution in [0.2, 0.25) is 5.02 Å². The van der Waals surface area contributed by atoms with Gasteiger partial charge in [0.1, 0.15) is 0 Å². The molecule has 0 aliphatic heterocycles. The minimum absolute atomic E-state index is 0.00230. The van der Waals surface area contributed by atoms with Crippen molar-refractivity contribution in [2.75, 3.05) is 0 Å². The molecule has 6 nitrogen and oxygen atoms in total. The Kier molecular flexibility index (Phi) is 5.19. The number of allylic oxidation sites excluding steroid dienone is 1. The first-order valence-electron chi connectivity index (χ1n) is 8.16. The van der Waals surface area contributed by atoms with Gasteiger partial charge in [0, 0.05) is 17.2 Å². The highest BCUT2D eigenvalue weighted by Gasteiger charge is 2.18. The normalized spacial score (nSPS) is 11.1. The molecule has 0 atom stereocenters. The van der Waals surface area contributed by atoms with Gasteiger partial charge in [0.15, 0.2) is 5.78 Å². The molecular formula is C20H16ClN3O3. The summed E-state index contributed by atoms with van der Waals surface area (Å²) in [5, 5.41) is 15.8. The molecule has 2 aromatic carbocycles. The number of rotatable bonds is 5. The second kappa shape index (κ2) is 7.55. The van der Waals surface area contributed by atoms with Gasteiger partial charge in [-0.2, -0.15) is 5.10 Å². The number of halogens is 1. The third-order valence-corrected chi connectivity index (χ3v) is 4.39. The van der Waals surface area contributed by atoms with Crippen LogP contribution in [0.15, 0.2) is 54.6 Å². The summed E-state index contributed by atoms with van der Waals surface area (Å²) in [6.07, 6.45) is 3.22. The quantitative estimate of drug-likeness (QED) is 0.271. The molecule has 136 valence electrons. The van der Waals surface area contributed by atoms with Gasteiger partial charge in [-0.1, -0.05) is 29.8 Å². The van der Waals surface area contributed by atoms with E-state index in [4.69, 9.17) is 11.6 Å². The van der Waals surface area contributed by atoms with E-state index >= 15 is 0 Å². The van der Waals surface area contributed by atoms with E-state index in [1.54, 1.807) is 48.9 Å². The second-order valence-electron chi connectivity index (χ2n) is 5.98. The molecule has 0 amide bonds. The minimum Gasteiger partial charge on any atom is -0.289 e. The van der Waals surface area contributed by atoms with E-state index in [1.165, 1.54) is 18.2 Å². The summed E-state index contributed by atoms with van der Waals surface area (Å²) in [6, 6.07) is 13.2. The summed E-state index contributed by atoms with van der Waals surface area (Å²) in [7, 11) is 0. The van der Waals surface area contributed by atoms with Gasteiger partial charge in [0.05, 0.1) is 27.6 Å². The van der Waals surface area contributed by atoms with E-state index in [2.05, 4.69) is 5.10 Å². The Bertz CT molecular complexity index is 1040. The van der Waals surface area contributed by atoms with Crippen molar-refractivity contribution in [2.24, 2.45) is 0 Å². The van der Waals surface area contributed by atoms with Crippen molar-refractivity contribution in [1.29, 1.82) is 0 Å². The molecule has 1 heterocycles. The first kappa shape index (κ1) is 18.5. The highest BCUT2D eigenvalue weighted by Crippen LogP contribution is 2.21. The van der Waals surface area contributed by atoms with E-state index in [9.17, 15) is 14.9 Å². The molecule has 0 spiro atoms. The monoisotopic (exact) mass is 381 g/mol. The predicted octanol–water partition coefficient (Wildman–Crippen LogP) is 4.95. The Morgan fingerprint density at radius 2 is 1.74 bits per heavy atom. The summed E-state index contributed by atoms with van der Waals surface area (Å²) in [5.74, 6) is -0.159. The average molecular weight is 382 g/mol. The molecule has 0 saturated carbocycles. The van der Waals surface area contributed by atoms with Gasteiger partial charge in [0.25, 0.3) is 5.69 Å². The zero-order valence-corrected chi connectivity index (χ0v) is 15.5. The van der Waals surface area contributed by atoms with Crippen LogP contribution in [0.3, 0.4) is 0 Å². The van der Waals surface area contributed by atoms with Crippen molar-refractivity contribution in [2.45, 2.75) is 13.8 Å². The van der Waals surface area contributed by atoms with E-state index in [-0.39, 0.29) is 11.5 Å². The number of non-ortho nitro benzene ring substituents is 1.